The van der Waals surface area contributed by atoms with Crippen molar-refractivity contribution in [3.05, 3.63) is 18.3 Å². The summed E-state index contributed by atoms with van der Waals surface area (Å²) in [5, 5.41) is 12.0. The highest BCUT2D eigenvalue weighted by atomic mass is 16.4. The van der Waals surface area contributed by atoms with Gasteiger partial charge in [0.15, 0.2) is 0 Å². The van der Waals surface area contributed by atoms with E-state index in [1.165, 1.54) is 0 Å². The molecule has 1 heterocycles. The Balaban J connectivity index is 2.04. The molecule has 1 aromatic rings. The predicted octanol–water partition coefficient (Wildman–Crippen LogP) is 1.98. The van der Waals surface area contributed by atoms with E-state index in [1.807, 2.05) is 25.1 Å². The Bertz CT molecular complexity index is 513. The van der Waals surface area contributed by atoms with Crippen molar-refractivity contribution < 1.29 is 14.7 Å². The summed E-state index contributed by atoms with van der Waals surface area (Å²) in [6.07, 6.45) is 4.57. The molecule has 2 rings (SSSR count). The average Bonchev–Trinajstić information content (AvgIpc) is 2.47. The van der Waals surface area contributed by atoms with E-state index in [-0.39, 0.29) is 5.91 Å². The molecule has 1 aliphatic rings. The van der Waals surface area contributed by atoms with E-state index < -0.39 is 17.8 Å². The highest BCUT2D eigenvalue weighted by Gasteiger charge is 2.35. The Hall–Kier alpha value is -2.11. The zero-order chi connectivity index (χ0) is 15.4. The number of rotatable bonds is 4. The fourth-order valence-corrected chi connectivity index (χ4v) is 2.70. The van der Waals surface area contributed by atoms with Crippen LogP contribution in [-0.2, 0) is 9.59 Å². The van der Waals surface area contributed by atoms with Crippen LogP contribution in [0.25, 0.3) is 0 Å². The molecule has 1 aliphatic carbocycles. The van der Waals surface area contributed by atoms with Gasteiger partial charge in [-0.05, 0) is 25.0 Å². The van der Waals surface area contributed by atoms with Gasteiger partial charge in [-0.3, -0.25) is 9.59 Å². The smallest absolute Gasteiger partial charge is 0.307 e. The van der Waals surface area contributed by atoms with Crippen molar-refractivity contribution in [1.82, 2.24) is 4.98 Å². The summed E-state index contributed by atoms with van der Waals surface area (Å²) in [5.41, 5.74) is 0.598. The molecule has 1 fully saturated rings. The summed E-state index contributed by atoms with van der Waals surface area (Å²) in [7, 11) is 3.78. The third-order valence-electron chi connectivity index (χ3n) is 3.89. The van der Waals surface area contributed by atoms with Gasteiger partial charge in [0.1, 0.15) is 5.82 Å². The lowest BCUT2D eigenvalue weighted by molar-refractivity contribution is -0.147. The number of carboxylic acid groups (broad SMARTS) is 1. The van der Waals surface area contributed by atoms with Crippen molar-refractivity contribution in [2.75, 3.05) is 24.3 Å². The minimum atomic E-state index is -0.879. The summed E-state index contributed by atoms with van der Waals surface area (Å²) >= 11 is 0. The first kappa shape index (κ1) is 15.3. The SMILES string of the molecule is CN(C)c1ccc(NC(=O)[C@@H]2CCCC[C@@H]2C(=O)O)cn1. The molecule has 0 spiro atoms. The van der Waals surface area contributed by atoms with E-state index in [0.29, 0.717) is 18.5 Å². The number of nitrogens with one attached hydrogen (secondary N) is 1. The number of nitrogens with zero attached hydrogens (tertiary/aromatic N) is 2. The summed E-state index contributed by atoms with van der Waals surface area (Å²) in [6.45, 7) is 0. The molecular formula is C15H21N3O3. The monoisotopic (exact) mass is 291 g/mol. The Kier molecular flexibility index (Phi) is 4.77. The number of hydrogen-bond acceptors (Lipinski definition) is 4. The van der Waals surface area contributed by atoms with E-state index >= 15 is 0 Å². The number of carboxylic acids is 1. The average molecular weight is 291 g/mol. The molecule has 6 heteroatoms. The standard InChI is InChI=1S/C15H21N3O3/c1-18(2)13-8-7-10(9-16-13)17-14(19)11-5-3-4-6-12(11)15(20)21/h7-9,11-12H,3-6H2,1-2H3,(H,17,19)(H,20,21)/t11-,12+/m1/s1. The lowest BCUT2D eigenvalue weighted by atomic mass is 9.78. The van der Waals surface area contributed by atoms with Gasteiger partial charge in [-0.15, -0.1) is 0 Å². The molecule has 6 nitrogen and oxygen atoms in total. The zero-order valence-electron chi connectivity index (χ0n) is 12.4. The summed E-state index contributed by atoms with van der Waals surface area (Å²) in [4.78, 5) is 29.6. The first-order valence-electron chi connectivity index (χ1n) is 7.16. The fraction of sp³-hybridized carbons (Fsp3) is 0.533. The van der Waals surface area contributed by atoms with E-state index in [4.69, 9.17) is 0 Å². The second kappa shape index (κ2) is 6.56. The number of aliphatic carboxylic acids is 1. The van der Waals surface area contributed by atoms with Crippen LogP contribution in [0, 0.1) is 11.8 Å². The number of anilines is 2. The number of carbonyl (C=O) groups is 2. The lowest BCUT2D eigenvalue weighted by Crippen LogP contribution is -2.36. The van der Waals surface area contributed by atoms with Crippen molar-refractivity contribution in [1.29, 1.82) is 0 Å². The quantitative estimate of drug-likeness (QED) is 0.886. The Morgan fingerprint density at radius 1 is 1.24 bits per heavy atom. The molecule has 0 saturated heterocycles. The molecule has 1 aromatic heterocycles. The van der Waals surface area contributed by atoms with Crippen LogP contribution < -0.4 is 10.2 Å². The lowest BCUT2D eigenvalue weighted by Gasteiger charge is -2.27. The van der Waals surface area contributed by atoms with Crippen molar-refractivity contribution in [3.8, 4) is 0 Å². The van der Waals surface area contributed by atoms with Gasteiger partial charge in [0.05, 0.1) is 23.7 Å². The minimum Gasteiger partial charge on any atom is -0.481 e. The van der Waals surface area contributed by atoms with Crippen molar-refractivity contribution >= 4 is 23.4 Å². The minimum absolute atomic E-state index is 0.221. The molecule has 2 N–H and O–H groups in total. The van der Waals surface area contributed by atoms with E-state index in [1.54, 1.807) is 12.3 Å². The summed E-state index contributed by atoms with van der Waals surface area (Å²) in [5.74, 6) is -1.33. The van der Waals surface area contributed by atoms with Gasteiger partial charge in [0.25, 0.3) is 0 Å². The maximum atomic E-state index is 12.3. The van der Waals surface area contributed by atoms with Crippen LogP contribution in [0.15, 0.2) is 18.3 Å². The van der Waals surface area contributed by atoms with Gasteiger partial charge in [0.2, 0.25) is 5.91 Å². The van der Waals surface area contributed by atoms with Crippen molar-refractivity contribution in [2.45, 2.75) is 25.7 Å². The zero-order valence-corrected chi connectivity index (χ0v) is 12.4. The van der Waals surface area contributed by atoms with Crippen LogP contribution in [0.5, 0.6) is 0 Å². The first-order chi connectivity index (χ1) is 9.99. The van der Waals surface area contributed by atoms with E-state index in [2.05, 4.69) is 10.3 Å². The van der Waals surface area contributed by atoms with Crippen LogP contribution in [0.3, 0.4) is 0 Å². The largest absolute Gasteiger partial charge is 0.481 e. The normalized spacial score (nSPS) is 21.6. The Morgan fingerprint density at radius 3 is 2.43 bits per heavy atom. The van der Waals surface area contributed by atoms with Crippen LogP contribution in [-0.4, -0.2) is 36.1 Å². The van der Waals surface area contributed by atoms with E-state index in [0.717, 1.165) is 18.7 Å². The van der Waals surface area contributed by atoms with Gasteiger partial charge in [0, 0.05) is 14.1 Å². The predicted molar refractivity (Wildman–Crippen MR) is 80.3 cm³/mol. The van der Waals surface area contributed by atoms with Crippen LogP contribution >= 0.6 is 0 Å². The number of aromatic nitrogens is 1. The Labute approximate surface area is 124 Å². The molecule has 2 atom stereocenters. The molecule has 21 heavy (non-hydrogen) atoms. The van der Waals surface area contributed by atoms with Gasteiger partial charge >= 0.3 is 5.97 Å². The maximum Gasteiger partial charge on any atom is 0.307 e. The molecular weight excluding hydrogens is 270 g/mol. The molecule has 114 valence electrons. The maximum absolute atomic E-state index is 12.3. The van der Waals surface area contributed by atoms with Crippen molar-refractivity contribution in [3.63, 3.8) is 0 Å². The van der Waals surface area contributed by atoms with Crippen LogP contribution in [0.4, 0.5) is 11.5 Å². The fourth-order valence-electron chi connectivity index (χ4n) is 2.70. The number of pyridine rings is 1. The third kappa shape index (κ3) is 3.71. The van der Waals surface area contributed by atoms with Gasteiger partial charge in [-0.25, -0.2) is 4.98 Å². The van der Waals surface area contributed by atoms with E-state index in [9.17, 15) is 14.7 Å². The number of carbonyl (C=O) groups excluding carboxylic acids is 1. The van der Waals surface area contributed by atoms with Gasteiger partial charge < -0.3 is 15.3 Å². The molecule has 0 aliphatic heterocycles. The molecule has 1 amide bonds. The topological polar surface area (TPSA) is 82.5 Å². The molecule has 0 radical (unpaired) electrons. The Morgan fingerprint density at radius 2 is 1.90 bits per heavy atom. The molecule has 0 aromatic carbocycles. The summed E-state index contributed by atoms with van der Waals surface area (Å²) < 4.78 is 0. The van der Waals surface area contributed by atoms with Crippen LogP contribution in [0.1, 0.15) is 25.7 Å². The molecule has 1 saturated carbocycles. The third-order valence-corrected chi connectivity index (χ3v) is 3.89. The van der Waals surface area contributed by atoms with Gasteiger partial charge in [-0.2, -0.15) is 0 Å². The second-order valence-corrected chi connectivity index (χ2v) is 5.62. The highest BCUT2D eigenvalue weighted by molar-refractivity contribution is 5.95. The van der Waals surface area contributed by atoms with Crippen molar-refractivity contribution in [2.24, 2.45) is 11.8 Å². The second-order valence-electron chi connectivity index (χ2n) is 5.62. The number of amides is 1. The van der Waals surface area contributed by atoms with Crippen LogP contribution in [0.2, 0.25) is 0 Å². The first-order valence-corrected chi connectivity index (χ1v) is 7.16. The van der Waals surface area contributed by atoms with Gasteiger partial charge in [-0.1, -0.05) is 12.8 Å². The highest BCUT2D eigenvalue weighted by Crippen LogP contribution is 2.31. The molecule has 0 bridgehead atoms. The summed E-state index contributed by atoms with van der Waals surface area (Å²) in [6, 6.07) is 3.59. The number of hydrogen-bond donors (Lipinski definition) is 2. The molecule has 0 unspecified atom stereocenters.